The first kappa shape index (κ1) is 19.1. The molecule has 1 aromatic carbocycles. The first-order valence-corrected chi connectivity index (χ1v) is 7.98. The van der Waals surface area contributed by atoms with E-state index in [1.54, 1.807) is 12.1 Å². The summed E-state index contributed by atoms with van der Waals surface area (Å²) in [6, 6.07) is 6.71. The zero-order valence-electron chi connectivity index (χ0n) is 12.1. The molecule has 0 heterocycles. The molecule has 1 radical (unpaired) electrons. The molecule has 0 aliphatic carbocycles. The third-order valence-electron chi connectivity index (χ3n) is 3.30. The largest absolute Gasteiger partial charge is 0.294 e. The Balaban J connectivity index is 0.00000324. The van der Waals surface area contributed by atoms with Crippen molar-refractivity contribution in [2.24, 2.45) is 5.92 Å². The first-order valence-electron chi connectivity index (χ1n) is 6.54. The Hall–Kier alpha value is 0.130. The van der Waals surface area contributed by atoms with Crippen LogP contribution in [0.2, 0.25) is 0 Å². The summed E-state index contributed by atoms with van der Waals surface area (Å²) in [7, 11) is -4.11. The average molecular weight is 293 g/mol. The van der Waals surface area contributed by atoms with Crippen molar-refractivity contribution < 1.29 is 13.0 Å². The molecule has 0 bridgehead atoms. The van der Waals surface area contributed by atoms with Gasteiger partial charge in [-0.15, -0.1) is 0 Å². The molecule has 0 aliphatic heterocycles. The van der Waals surface area contributed by atoms with Gasteiger partial charge in [-0.3, -0.25) is 4.55 Å². The molecule has 0 saturated carbocycles. The number of unbranched alkanes of at least 4 members (excludes halogenated alkanes) is 1. The Morgan fingerprint density at radius 2 is 1.84 bits per heavy atom. The molecule has 1 rings (SSSR count). The maximum atomic E-state index is 11.3. The van der Waals surface area contributed by atoms with E-state index >= 15 is 0 Å². The fraction of sp³-hybridized carbons (Fsp3) is 0.571. The topological polar surface area (TPSA) is 54.4 Å². The maximum Gasteiger partial charge on any atom is 0.294 e. The molecule has 5 heteroatoms. The molecule has 19 heavy (non-hydrogen) atoms. The predicted octanol–water partition coefficient (Wildman–Crippen LogP) is 3.31. The summed E-state index contributed by atoms with van der Waals surface area (Å²) in [5.41, 5.74) is 0.725. The van der Waals surface area contributed by atoms with E-state index in [1.165, 1.54) is 6.07 Å². The van der Waals surface area contributed by atoms with Gasteiger partial charge in [-0.2, -0.15) is 8.42 Å². The van der Waals surface area contributed by atoms with E-state index in [9.17, 15) is 13.0 Å². The number of benzene rings is 1. The van der Waals surface area contributed by atoms with Crippen molar-refractivity contribution in [3.05, 3.63) is 29.8 Å². The zero-order valence-corrected chi connectivity index (χ0v) is 14.9. The van der Waals surface area contributed by atoms with E-state index in [-0.39, 0.29) is 34.5 Å². The molecule has 1 unspecified atom stereocenters. The van der Waals surface area contributed by atoms with E-state index in [0.717, 1.165) is 31.2 Å². The molecule has 0 fully saturated rings. The maximum absolute atomic E-state index is 11.3. The average Bonchev–Trinajstić information content (AvgIpc) is 2.33. The standard InChI is InChI=1S/C14H22O3S.Na/c1-3-5-8-12(4-2)11-13-9-6-7-10-14(13)18(15,16)17;/h6-7,9-10,12H,3-5,8,11H2,1-2H3,(H,15,16,17);. The van der Waals surface area contributed by atoms with Gasteiger partial charge in [-0.05, 0) is 24.0 Å². The van der Waals surface area contributed by atoms with E-state index in [2.05, 4.69) is 13.8 Å². The smallest absolute Gasteiger partial charge is 0.282 e. The van der Waals surface area contributed by atoms with Gasteiger partial charge in [0.15, 0.2) is 0 Å². The Morgan fingerprint density at radius 3 is 2.37 bits per heavy atom. The van der Waals surface area contributed by atoms with Gasteiger partial charge in [0.2, 0.25) is 0 Å². The first-order chi connectivity index (χ1) is 8.49. The summed E-state index contributed by atoms with van der Waals surface area (Å²) >= 11 is 0. The van der Waals surface area contributed by atoms with Crippen LogP contribution in [0.3, 0.4) is 0 Å². The minimum absolute atomic E-state index is 0. The van der Waals surface area contributed by atoms with Crippen LogP contribution in [0.25, 0.3) is 0 Å². The van der Waals surface area contributed by atoms with Gasteiger partial charge >= 0.3 is 0 Å². The number of hydrogen-bond acceptors (Lipinski definition) is 2. The van der Waals surface area contributed by atoms with Gasteiger partial charge in [0.25, 0.3) is 10.1 Å². The summed E-state index contributed by atoms with van der Waals surface area (Å²) in [6.07, 6.45) is 5.15. The summed E-state index contributed by atoms with van der Waals surface area (Å²) in [5.74, 6) is 0.479. The van der Waals surface area contributed by atoms with Crippen LogP contribution in [-0.4, -0.2) is 42.5 Å². The van der Waals surface area contributed by atoms with Gasteiger partial charge in [-0.25, -0.2) is 0 Å². The van der Waals surface area contributed by atoms with Crippen molar-refractivity contribution >= 4 is 39.7 Å². The fourth-order valence-electron chi connectivity index (χ4n) is 2.18. The van der Waals surface area contributed by atoms with E-state index in [0.29, 0.717) is 12.3 Å². The van der Waals surface area contributed by atoms with E-state index < -0.39 is 10.1 Å². The molecule has 3 nitrogen and oxygen atoms in total. The second-order valence-corrected chi connectivity index (χ2v) is 6.09. The van der Waals surface area contributed by atoms with Crippen LogP contribution in [-0.2, 0) is 16.5 Å². The van der Waals surface area contributed by atoms with Crippen molar-refractivity contribution in [2.75, 3.05) is 0 Å². The van der Waals surface area contributed by atoms with Crippen molar-refractivity contribution in [3.63, 3.8) is 0 Å². The van der Waals surface area contributed by atoms with Gasteiger partial charge in [0.1, 0.15) is 0 Å². The summed E-state index contributed by atoms with van der Waals surface area (Å²) in [4.78, 5) is 0.0555. The predicted molar refractivity (Wildman–Crippen MR) is 79.0 cm³/mol. The molecule has 0 aromatic heterocycles. The van der Waals surface area contributed by atoms with Gasteiger partial charge in [0, 0.05) is 29.6 Å². The second-order valence-electron chi connectivity index (χ2n) is 4.70. The van der Waals surface area contributed by atoms with Crippen molar-refractivity contribution in [1.82, 2.24) is 0 Å². The van der Waals surface area contributed by atoms with Crippen LogP contribution in [0.15, 0.2) is 29.2 Å². The number of rotatable bonds is 7. The van der Waals surface area contributed by atoms with E-state index in [1.807, 2.05) is 6.07 Å². The van der Waals surface area contributed by atoms with Crippen molar-refractivity contribution in [1.29, 1.82) is 0 Å². The molecule has 0 saturated heterocycles. The molecular weight excluding hydrogens is 271 g/mol. The van der Waals surface area contributed by atoms with Crippen LogP contribution in [0.4, 0.5) is 0 Å². The monoisotopic (exact) mass is 293 g/mol. The fourth-order valence-corrected chi connectivity index (χ4v) is 2.91. The summed E-state index contributed by atoms with van der Waals surface area (Å²) in [6.45, 7) is 4.27. The third kappa shape index (κ3) is 6.41. The Morgan fingerprint density at radius 1 is 1.21 bits per heavy atom. The van der Waals surface area contributed by atoms with Gasteiger partial charge in [-0.1, -0.05) is 57.7 Å². The molecule has 1 atom stereocenters. The summed E-state index contributed by atoms with van der Waals surface area (Å²) in [5, 5.41) is 0. The van der Waals surface area contributed by atoms with Gasteiger partial charge in [0.05, 0.1) is 4.90 Å². The molecule has 0 amide bonds. The van der Waals surface area contributed by atoms with Crippen molar-refractivity contribution in [3.8, 4) is 0 Å². The normalized spacial score (nSPS) is 12.8. The second kappa shape index (κ2) is 9.14. The van der Waals surface area contributed by atoms with E-state index in [4.69, 9.17) is 0 Å². The molecule has 1 aromatic rings. The molecule has 0 spiro atoms. The van der Waals surface area contributed by atoms with Crippen molar-refractivity contribution in [2.45, 2.75) is 50.8 Å². The van der Waals surface area contributed by atoms with Crippen LogP contribution in [0, 0.1) is 5.92 Å². The van der Waals surface area contributed by atoms with Crippen LogP contribution in [0.5, 0.6) is 0 Å². The SMILES string of the molecule is CCCCC(CC)Cc1ccccc1S(=O)(=O)O.[Na]. The minimum Gasteiger partial charge on any atom is -0.282 e. The summed E-state index contributed by atoms with van der Waals surface area (Å²) < 4.78 is 31.8. The van der Waals surface area contributed by atoms with Crippen LogP contribution < -0.4 is 0 Å². The number of hydrogen-bond donors (Lipinski definition) is 1. The zero-order chi connectivity index (χ0) is 13.6. The Labute approximate surface area is 138 Å². The van der Waals surface area contributed by atoms with Crippen LogP contribution >= 0.6 is 0 Å². The Kier molecular flexibility index (Phi) is 9.20. The molecule has 103 valence electrons. The third-order valence-corrected chi connectivity index (χ3v) is 4.26. The minimum atomic E-state index is -4.11. The van der Waals surface area contributed by atoms with Gasteiger partial charge < -0.3 is 0 Å². The molecule has 0 aliphatic rings. The quantitative estimate of drug-likeness (QED) is 0.620. The van der Waals surface area contributed by atoms with Crippen LogP contribution in [0.1, 0.15) is 45.1 Å². The molecule has 1 N–H and O–H groups in total. The molecular formula is C14H22NaO3S. The Bertz CT molecular complexity index is 471.